The Morgan fingerprint density at radius 2 is 1.94 bits per heavy atom. The minimum Gasteiger partial charge on any atom is -0.358 e. The smallest absolute Gasteiger partial charge is 0.358 e. The Kier molecular flexibility index (Phi) is 2.97. The Bertz CT molecular complexity index is 477. The predicted molar refractivity (Wildman–Crippen MR) is 51.0 cm³/mol. The van der Waals surface area contributed by atoms with E-state index in [1.807, 2.05) is 0 Å². The number of ketones is 1. The molecular weight excluding hydrogens is 220 g/mol. The third kappa shape index (κ3) is 2.02. The first-order valence-corrected chi connectivity index (χ1v) is 4.20. The number of imidazole rings is 1. The van der Waals surface area contributed by atoms with Crippen molar-refractivity contribution in [1.29, 1.82) is 0 Å². The number of aromatic nitrogens is 2. The van der Waals surface area contributed by atoms with E-state index < -0.39 is 21.5 Å². The highest BCUT2D eigenvalue weighted by Gasteiger charge is 2.35. The van der Waals surface area contributed by atoms with E-state index in [0.717, 1.165) is 4.57 Å². The van der Waals surface area contributed by atoms with Gasteiger partial charge in [-0.2, -0.15) is 4.57 Å². The number of nitrogens with zero attached hydrogens (tertiary/aromatic N) is 4. The number of nitro groups is 2. The van der Waals surface area contributed by atoms with Crippen LogP contribution < -0.4 is 0 Å². The van der Waals surface area contributed by atoms with Crippen molar-refractivity contribution in [2.75, 3.05) is 0 Å². The van der Waals surface area contributed by atoms with E-state index >= 15 is 0 Å². The predicted octanol–water partition coefficient (Wildman–Crippen LogP) is 0.597. The summed E-state index contributed by atoms with van der Waals surface area (Å²) in [6.45, 7) is 2.29. The van der Waals surface area contributed by atoms with Crippen LogP contribution in [0.5, 0.6) is 0 Å². The molecule has 86 valence electrons. The molecule has 9 nitrogen and oxygen atoms in total. The largest absolute Gasteiger partial charge is 0.462 e. The summed E-state index contributed by atoms with van der Waals surface area (Å²) in [6.07, 6.45) is 0. The van der Waals surface area contributed by atoms with Crippen molar-refractivity contribution < 1.29 is 14.6 Å². The quantitative estimate of drug-likeness (QED) is 0.549. The molecule has 0 saturated heterocycles. The molecule has 0 aliphatic heterocycles. The lowest BCUT2D eigenvalue weighted by Crippen LogP contribution is -2.11. The van der Waals surface area contributed by atoms with Gasteiger partial charge in [-0.25, -0.2) is 0 Å². The number of Topliss-reactive ketones (excluding diaryl/α,β-unsaturated/α-hetero) is 1. The second-order valence-corrected chi connectivity index (χ2v) is 3.11. The number of hydrogen-bond acceptors (Lipinski definition) is 6. The van der Waals surface area contributed by atoms with Crippen molar-refractivity contribution >= 4 is 17.4 Å². The molecule has 0 spiro atoms. The van der Waals surface area contributed by atoms with Gasteiger partial charge in [0.1, 0.15) is 0 Å². The van der Waals surface area contributed by atoms with E-state index in [1.165, 1.54) is 13.8 Å². The van der Waals surface area contributed by atoms with E-state index in [9.17, 15) is 25.0 Å². The molecule has 0 N–H and O–H groups in total. The maximum atomic E-state index is 10.9. The number of rotatable bonds is 4. The summed E-state index contributed by atoms with van der Waals surface area (Å²) in [4.78, 5) is 33.7. The Balaban J connectivity index is 3.41. The number of aryl methyl sites for hydroxylation is 1. The lowest BCUT2D eigenvalue weighted by Gasteiger charge is -1.97. The van der Waals surface area contributed by atoms with Crippen LogP contribution in [0, 0.1) is 27.2 Å². The maximum Gasteiger partial charge on any atom is 0.462 e. The molecule has 0 atom stereocenters. The molecule has 1 aromatic heterocycles. The summed E-state index contributed by atoms with van der Waals surface area (Å²) < 4.78 is 0.917. The van der Waals surface area contributed by atoms with E-state index in [1.54, 1.807) is 0 Å². The summed E-state index contributed by atoms with van der Waals surface area (Å²) in [5.41, 5.74) is 0. The minimum absolute atomic E-state index is 0.0635. The zero-order chi connectivity index (χ0) is 12.5. The van der Waals surface area contributed by atoms with Crippen LogP contribution in [0.3, 0.4) is 0 Å². The SMILES string of the molecule is CC(=O)Cn1c(C)nc([N+](=O)[O-])c1[N+](=O)[O-]. The van der Waals surface area contributed by atoms with Gasteiger partial charge in [0.25, 0.3) is 0 Å². The second kappa shape index (κ2) is 4.04. The summed E-state index contributed by atoms with van der Waals surface area (Å²) in [5, 5.41) is 21.2. The van der Waals surface area contributed by atoms with E-state index in [0.29, 0.717) is 0 Å². The van der Waals surface area contributed by atoms with Crippen LogP contribution in [0.15, 0.2) is 0 Å². The molecular formula is C7H8N4O5. The molecule has 0 amide bonds. The molecule has 0 fully saturated rings. The van der Waals surface area contributed by atoms with Gasteiger partial charge in [-0.15, -0.1) is 0 Å². The third-order valence-electron chi connectivity index (χ3n) is 1.84. The van der Waals surface area contributed by atoms with Gasteiger partial charge in [-0.3, -0.25) is 4.79 Å². The molecule has 9 heteroatoms. The van der Waals surface area contributed by atoms with Gasteiger partial charge >= 0.3 is 17.5 Å². The molecule has 0 aromatic carbocycles. The minimum atomic E-state index is -0.943. The molecule has 0 bridgehead atoms. The van der Waals surface area contributed by atoms with Crippen molar-refractivity contribution in [2.24, 2.45) is 0 Å². The molecule has 0 saturated carbocycles. The normalized spacial score (nSPS) is 10.1. The van der Waals surface area contributed by atoms with Gasteiger partial charge in [0.2, 0.25) is 0 Å². The molecule has 1 rings (SSSR count). The van der Waals surface area contributed by atoms with Crippen LogP contribution in [0.25, 0.3) is 0 Å². The zero-order valence-corrected chi connectivity index (χ0v) is 8.54. The average Bonchev–Trinajstić information content (AvgIpc) is 2.43. The van der Waals surface area contributed by atoms with Crippen LogP contribution in [0.2, 0.25) is 0 Å². The summed E-state index contributed by atoms with van der Waals surface area (Å²) >= 11 is 0. The highest BCUT2D eigenvalue weighted by molar-refractivity contribution is 5.76. The fourth-order valence-electron chi connectivity index (χ4n) is 1.25. The zero-order valence-electron chi connectivity index (χ0n) is 8.54. The molecule has 0 radical (unpaired) electrons. The number of hydrogen-bond donors (Lipinski definition) is 0. The molecule has 1 aromatic rings. The van der Waals surface area contributed by atoms with Gasteiger partial charge < -0.3 is 20.2 Å². The fraction of sp³-hybridized carbons (Fsp3) is 0.429. The van der Waals surface area contributed by atoms with E-state index in [4.69, 9.17) is 0 Å². The van der Waals surface area contributed by atoms with Gasteiger partial charge in [-0.1, -0.05) is 0 Å². The Labute approximate surface area is 89.0 Å². The number of carbonyl (C=O) groups excluding carboxylic acids is 1. The standard InChI is InChI=1S/C7H8N4O5/c1-4(12)3-9-5(2)8-6(10(13)14)7(9)11(15)16/h3H2,1-2H3. The van der Waals surface area contributed by atoms with Crippen LogP contribution in [-0.4, -0.2) is 25.2 Å². The highest BCUT2D eigenvalue weighted by atomic mass is 16.6. The fourth-order valence-corrected chi connectivity index (χ4v) is 1.25. The second-order valence-electron chi connectivity index (χ2n) is 3.11. The first-order valence-electron chi connectivity index (χ1n) is 4.20. The van der Waals surface area contributed by atoms with Crippen LogP contribution in [-0.2, 0) is 11.3 Å². The van der Waals surface area contributed by atoms with Crippen molar-refractivity contribution in [1.82, 2.24) is 9.55 Å². The Morgan fingerprint density at radius 3 is 2.31 bits per heavy atom. The summed E-state index contributed by atoms with van der Waals surface area (Å²) in [6, 6.07) is 0. The third-order valence-corrected chi connectivity index (χ3v) is 1.84. The van der Waals surface area contributed by atoms with E-state index in [-0.39, 0.29) is 18.2 Å². The maximum absolute atomic E-state index is 10.9. The molecule has 0 aliphatic carbocycles. The monoisotopic (exact) mass is 228 g/mol. The number of carbonyl (C=O) groups is 1. The van der Waals surface area contributed by atoms with Crippen molar-refractivity contribution in [3.63, 3.8) is 0 Å². The summed E-state index contributed by atoms with van der Waals surface area (Å²) in [5.74, 6) is -1.89. The lowest BCUT2D eigenvalue weighted by molar-refractivity contribution is -0.428. The lowest BCUT2D eigenvalue weighted by atomic mass is 10.4. The first-order chi connectivity index (χ1) is 7.34. The average molecular weight is 228 g/mol. The van der Waals surface area contributed by atoms with Gasteiger partial charge in [-0.05, 0) is 16.8 Å². The van der Waals surface area contributed by atoms with Crippen LogP contribution in [0.1, 0.15) is 12.7 Å². The molecule has 16 heavy (non-hydrogen) atoms. The van der Waals surface area contributed by atoms with Crippen LogP contribution in [0.4, 0.5) is 11.6 Å². The molecule has 0 aliphatic rings. The first kappa shape index (κ1) is 11.8. The van der Waals surface area contributed by atoms with Gasteiger partial charge in [0, 0.05) is 11.9 Å². The topological polar surface area (TPSA) is 121 Å². The van der Waals surface area contributed by atoms with Gasteiger partial charge in [0.05, 0.1) is 0 Å². The van der Waals surface area contributed by atoms with Crippen molar-refractivity contribution in [3.8, 4) is 0 Å². The van der Waals surface area contributed by atoms with Gasteiger partial charge in [0.15, 0.2) is 12.3 Å². The van der Waals surface area contributed by atoms with E-state index in [2.05, 4.69) is 4.98 Å². The summed E-state index contributed by atoms with van der Waals surface area (Å²) in [7, 11) is 0. The highest BCUT2D eigenvalue weighted by Crippen LogP contribution is 2.26. The Hall–Kier alpha value is -2.32. The van der Waals surface area contributed by atoms with Crippen molar-refractivity contribution in [3.05, 3.63) is 26.1 Å². The Morgan fingerprint density at radius 1 is 1.38 bits per heavy atom. The molecule has 0 unspecified atom stereocenters. The van der Waals surface area contributed by atoms with Crippen molar-refractivity contribution in [2.45, 2.75) is 20.4 Å². The molecule has 1 heterocycles. The van der Waals surface area contributed by atoms with Crippen LogP contribution >= 0.6 is 0 Å².